The van der Waals surface area contributed by atoms with Crippen LogP contribution in [0.25, 0.3) is 21.8 Å². The van der Waals surface area contributed by atoms with Gasteiger partial charge in [-0.05, 0) is 23.6 Å². The van der Waals surface area contributed by atoms with E-state index in [0.29, 0.717) is 35.8 Å². The maximum absolute atomic E-state index is 14.0. The topological polar surface area (TPSA) is 138 Å². The van der Waals surface area contributed by atoms with Crippen molar-refractivity contribution in [1.29, 1.82) is 0 Å². The Balaban J connectivity index is 1.20. The summed E-state index contributed by atoms with van der Waals surface area (Å²) in [7, 11) is 7.15. The highest BCUT2D eigenvalue weighted by atomic mass is 32.1. The molecule has 5 heterocycles. The van der Waals surface area contributed by atoms with Gasteiger partial charge in [-0.3, -0.25) is 19.4 Å². The zero-order chi connectivity index (χ0) is 39.0. The summed E-state index contributed by atoms with van der Waals surface area (Å²) < 4.78 is 9.60. The average molecular weight is 771 g/mol. The van der Waals surface area contributed by atoms with Crippen LogP contribution in [0.1, 0.15) is 102 Å². The van der Waals surface area contributed by atoms with E-state index in [2.05, 4.69) is 13.8 Å². The molecule has 0 radical (unpaired) electrons. The van der Waals surface area contributed by atoms with Gasteiger partial charge in [-0.15, -0.1) is 0 Å². The minimum atomic E-state index is -0.687. The van der Waals surface area contributed by atoms with E-state index in [0.717, 1.165) is 85.0 Å². The van der Waals surface area contributed by atoms with Crippen molar-refractivity contribution in [3.05, 3.63) is 35.4 Å². The highest BCUT2D eigenvalue weighted by Gasteiger charge is 2.53. The van der Waals surface area contributed by atoms with Crippen LogP contribution in [0.3, 0.4) is 0 Å². The maximum Gasteiger partial charge on any atom is 0.328 e. The number of likely N-dealkylation sites (N-methyl/N-ethyl adjacent to an activating group) is 4. The Morgan fingerprint density at radius 2 is 0.927 bits per heavy atom. The number of unbranched alkanes of at least 4 members (excludes halogenated alkanes) is 10. The number of carbonyl (C=O) groups is 4. The largest absolute Gasteiger partial charge is 0.344 e. The molecular weight excluding hydrogens is 717 g/mol. The quantitative estimate of drug-likeness (QED) is 0.159. The second kappa shape index (κ2) is 16.2. The first kappa shape index (κ1) is 38.6. The van der Waals surface area contributed by atoms with Crippen molar-refractivity contribution in [3.63, 3.8) is 0 Å². The third kappa shape index (κ3) is 6.71. The molecule has 3 aromatic rings. The molecular formula is C40H54N10O4S. The molecule has 4 unspecified atom stereocenters. The molecule has 55 heavy (non-hydrogen) atoms. The van der Waals surface area contributed by atoms with Crippen molar-refractivity contribution in [2.75, 3.05) is 41.3 Å². The van der Waals surface area contributed by atoms with Crippen LogP contribution in [-0.4, -0.2) is 139 Å². The molecule has 15 heteroatoms. The van der Waals surface area contributed by atoms with Crippen molar-refractivity contribution in [3.8, 4) is 0 Å². The molecule has 0 aliphatic carbocycles. The lowest BCUT2D eigenvalue weighted by atomic mass is 9.95. The minimum Gasteiger partial charge on any atom is -0.344 e. The van der Waals surface area contributed by atoms with Gasteiger partial charge in [0, 0.05) is 41.3 Å². The number of amidine groups is 2. The van der Waals surface area contributed by atoms with Crippen LogP contribution >= 0.6 is 11.7 Å². The lowest BCUT2D eigenvalue weighted by Gasteiger charge is -2.40. The predicted octanol–water partition coefficient (Wildman–Crippen LogP) is 6.13. The van der Waals surface area contributed by atoms with E-state index >= 15 is 0 Å². The summed E-state index contributed by atoms with van der Waals surface area (Å²) in [4.78, 5) is 75.0. The van der Waals surface area contributed by atoms with Crippen molar-refractivity contribution in [2.24, 2.45) is 9.98 Å². The van der Waals surface area contributed by atoms with Gasteiger partial charge in [0.05, 0.1) is 22.9 Å². The van der Waals surface area contributed by atoms with E-state index in [9.17, 15) is 19.2 Å². The third-order valence-electron chi connectivity index (χ3n) is 11.8. The Kier molecular flexibility index (Phi) is 11.4. The lowest BCUT2D eigenvalue weighted by Crippen LogP contribution is -2.64. The molecule has 2 saturated heterocycles. The number of rotatable bonds is 16. The van der Waals surface area contributed by atoms with Crippen LogP contribution in [0.4, 0.5) is 9.59 Å². The highest BCUT2D eigenvalue weighted by Crippen LogP contribution is 2.39. The molecule has 0 N–H and O–H groups in total. The van der Waals surface area contributed by atoms with Crippen LogP contribution in [0.2, 0.25) is 0 Å². The number of hydrogen-bond acceptors (Lipinski definition) is 11. The Morgan fingerprint density at radius 1 is 0.545 bits per heavy atom. The van der Waals surface area contributed by atoms with E-state index in [4.69, 9.17) is 18.7 Å². The molecule has 7 rings (SSSR count). The number of carbonyl (C=O) groups excluding carboxylic acids is 4. The summed E-state index contributed by atoms with van der Waals surface area (Å²) in [6, 6.07) is 5.88. The summed E-state index contributed by atoms with van der Waals surface area (Å²) in [5.74, 6) is 0.641. The molecule has 14 nitrogen and oxygen atoms in total. The summed E-state index contributed by atoms with van der Waals surface area (Å²) in [5, 5.41) is 1.66. The van der Waals surface area contributed by atoms with Gasteiger partial charge >= 0.3 is 12.1 Å². The Bertz CT molecular complexity index is 1890. The number of aliphatic imine (C=N–C) groups is 2. The fourth-order valence-electron chi connectivity index (χ4n) is 8.67. The summed E-state index contributed by atoms with van der Waals surface area (Å²) in [6.45, 7) is 5.14. The standard InChI is InChI=1S/C40H54N10O4S/c1-7-9-11-13-15-19-23-49-37(51)31-35(47(5)39(49)53)41-33(45(31)3)27-25-21-17-18-22-26(25)28(30-29(27)43-55-44-30)34-42-36-32(46(34)4)38(52)50(40(54)48(36)6)24-20-16-14-12-10-8-2/h17-18,21-22,31-32,35-36H,7-16,19-20,23-24H2,1-6H3. The Morgan fingerprint density at radius 3 is 1.33 bits per heavy atom. The van der Waals surface area contributed by atoms with Crippen molar-refractivity contribution >= 4 is 69.1 Å². The van der Waals surface area contributed by atoms with Crippen molar-refractivity contribution < 1.29 is 19.2 Å². The van der Waals surface area contributed by atoms with E-state index in [1.165, 1.54) is 35.5 Å². The van der Waals surface area contributed by atoms with E-state index in [-0.39, 0.29) is 23.9 Å². The SMILES string of the molecule is CCCCCCCCN1C(=O)C2C(N=C(c3c4ccccc4c(C4=NC5C(C(=O)N(CCCCCCCC)C(=O)N5C)N4C)c4nsnc34)N2C)N(C)C1=O. The van der Waals surface area contributed by atoms with Crippen LogP contribution in [0, 0.1) is 0 Å². The zero-order valence-electron chi connectivity index (χ0n) is 33.0. The molecule has 0 spiro atoms. The number of aromatic nitrogens is 2. The highest BCUT2D eigenvalue weighted by molar-refractivity contribution is 7.00. The van der Waals surface area contributed by atoms with Gasteiger partial charge in [0.25, 0.3) is 11.8 Å². The first-order valence-electron chi connectivity index (χ1n) is 20.1. The summed E-state index contributed by atoms with van der Waals surface area (Å²) >= 11 is 1.07. The van der Waals surface area contributed by atoms with Crippen LogP contribution in [0.15, 0.2) is 34.3 Å². The zero-order valence-corrected chi connectivity index (χ0v) is 33.8. The van der Waals surface area contributed by atoms with Gasteiger partial charge in [0.1, 0.15) is 22.7 Å². The normalized spacial score (nSPS) is 22.8. The minimum absolute atomic E-state index is 0.241. The molecule has 4 aliphatic rings. The van der Waals surface area contributed by atoms with E-state index in [1.807, 2.05) is 48.2 Å². The predicted molar refractivity (Wildman–Crippen MR) is 215 cm³/mol. The number of nitrogens with zero attached hydrogens (tertiary/aromatic N) is 10. The Labute approximate surface area is 327 Å². The van der Waals surface area contributed by atoms with Gasteiger partial charge in [-0.25, -0.2) is 19.6 Å². The lowest BCUT2D eigenvalue weighted by molar-refractivity contribution is -0.138. The number of urea groups is 2. The van der Waals surface area contributed by atoms with E-state index < -0.39 is 24.4 Å². The van der Waals surface area contributed by atoms with Gasteiger partial charge in [-0.1, -0.05) is 102 Å². The second-order valence-corrected chi connectivity index (χ2v) is 15.9. The molecule has 2 fully saturated rings. The molecule has 4 aliphatic heterocycles. The Hall–Kier alpha value is -4.66. The summed E-state index contributed by atoms with van der Waals surface area (Å²) in [5.41, 5.74) is 2.64. The molecule has 1 aromatic heterocycles. The monoisotopic (exact) mass is 770 g/mol. The van der Waals surface area contributed by atoms with Gasteiger partial charge < -0.3 is 19.6 Å². The van der Waals surface area contributed by atoms with Crippen molar-refractivity contribution in [2.45, 2.75) is 115 Å². The molecule has 0 saturated carbocycles. The number of hydrogen-bond donors (Lipinski definition) is 0. The number of benzene rings is 2. The number of amides is 6. The third-order valence-corrected chi connectivity index (χ3v) is 12.3. The number of fused-ring (bicyclic) bond motifs is 4. The van der Waals surface area contributed by atoms with Crippen molar-refractivity contribution in [1.82, 2.24) is 38.1 Å². The molecule has 294 valence electrons. The molecule has 2 aromatic carbocycles. The van der Waals surface area contributed by atoms with Gasteiger partial charge in [0.15, 0.2) is 24.4 Å². The second-order valence-electron chi connectivity index (χ2n) is 15.4. The smallest absolute Gasteiger partial charge is 0.328 e. The number of imide groups is 2. The first-order valence-corrected chi connectivity index (χ1v) is 20.8. The van der Waals surface area contributed by atoms with Crippen LogP contribution in [-0.2, 0) is 9.59 Å². The average Bonchev–Trinajstić information content (AvgIpc) is 3.90. The maximum atomic E-state index is 14.0. The fraction of sp³-hybridized carbons (Fsp3) is 0.600. The van der Waals surface area contributed by atoms with Crippen LogP contribution in [0.5, 0.6) is 0 Å². The summed E-state index contributed by atoms with van der Waals surface area (Å²) in [6.07, 6.45) is 11.3. The van der Waals surface area contributed by atoms with Gasteiger partial charge in [-0.2, -0.15) is 8.75 Å². The fourth-order valence-corrected chi connectivity index (χ4v) is 9.23. The molecule has 4 atom stereocenters. The van der Waals surface area contributed by atoms with Gasteiger partial charge in [0.2, 0.25) is 0 Å². The van der Waals surface area contributed by atoms with Crippen LogP contribution < -0.4 is 0 Å². The van der Waals surface area contributed by atoms with E-state index in [1.54, 1.807) is 23.9 Å². The first-order chi connectivity index (χ1) is 26.6. The molecule has 0 bridgehead atoms. The molecule has 6 amide bonds.